The smallest absolute Gasteiger partial charge is 0.201 e. The molecular weight excluding hydrogens is 300 g/mol. The second-order valence-electron chi connectivity index (χ2n) is 4.91. The highest BCUT2D eigenvalue weighted by Gasteiger charge is 2.07. The standard InChI is InChI=1S/C16H16N2O3S/c1-21-13-5-6-14-15(10-17-16(14)8-13)12-4-2-3-11(7-12)9-18-22(19)20/h2-8,10,17,22H,9H2,1H3,(H,18,19,20). The van der Waals surface area contributed by atoms with Gasteiger partial charge in [-0.15, -0.1) is 0 Å². The summed E-state index contributed by atoms with van der Waals surface area (Å²) in [7, 11) is -0.942. The van der Waals surface area contributed by atoms with E-state index in [0.29, 0.717) is 6.54 Å². The van der Waals surface area contributed by atoms with E-state index in [0.717, 1.165) is 33.3 Å². The van der Waals surface area contributed by atoms with Crippen LogP contribution >= 0.6 is 0 Å². The Hall–Kier alpha value is -2.31. The number of aromatic amines is 1. The zero-order valence-corrected chi connectivity index (χ0v) is 12.9. The van der Waals surface area contributed by atoms with Crippen molar-refractivity contribution >= 4 is 21.8 Å². The minimum atomic E-state index is -2.58. The van der Waals surface area contributed by atoms with Gasteiger partial charge in [0.15, 0.2) is 0 Å². The SMILES string of the molecule is COc1ccc2c(-c3cccc(CN[SH](=O)=O)c3)c[nH]c2c1. The molecule has 0 aliphatic carbocycles. The van der Waals surface area contributed by atoms with Crippen molar-refractivity contribution < 1.29 is 13.2 Å². The average molecular weight is 316 g/mol. The molecule has 0 fully saturated rings. The number of fused-ring (bicyclic) bond motifs is 1. The number of H-pyrrole nitrogens is 1. The molecule has 0 radical (unpaired) electrons. The van der Waals surface area contributed by atoms with Crippen molar-refractivity contribution in [3.8, 4) is 16.9 Å². The van der Waals surface area contributed by atoms with Gasteiger partial charge in [0.1, 0.15) is 5.75 Å². The Balaban J connectivity index is 1.98. The summed E-state index contributed by atoms with van der Waals surface area (Å²) in [5.41, 5.74) is 4.03. The first-order chi connectivity index (χ1) is 10.7. The lowest BCUT2D eigenvalue weighted by molar-refractivity contribution is 0.415. The fourth-order valence-corrected chi connectivity index (χ4v) is 2.79. The summed E-state index contributed by atoms with van der Waals surface area (Å²) < 4.78 is 28.9. The molecule has 0 aliphatic heterocycles. The zero-order valence-electron chi connectivity index (χ0n) is 12.0. The molecule has 0 saturated heterocycles. The summed E-state index contributed by atoms with van der Waals surface area (Å²) in [6.45, 7) is 0.294. The number of rotatable bonds is 5. The van der Waals surface area contributed by atoms with Gasteiger partial charge < -0.3 is 9.72 Å². The third-order valence-electron chi connectivity index (χ3n) is 3.54. The summed E-state index contributed by atoms with van der Waals surface area (Å²) in [6, 6.07) is 13.7. The molecule has 3 aromatic rings. The minimum Gasteiger partial charge on any atom is -0.497 e. The monoisotopic (exact) mass is 316 g/mol. The quantitative estimate of drug-likeness (QED) is 0.633. The van der Waals surface area contributed by atoms with Gasteiger partial charge >= 0.3 is 0 Å². The van der Waals surface area contributed by atoms with Gasteiger partial charge in [0, 0.05) is 35.3 Å². The summed E-state index contributed by atoms with van der Waals surface area (Å²) in [6.07, 6.45) is 1.95. The van der Waals surface area contributed by atoms with E-state index >= 15 is 0 Å². The molecule has 22 heavy (non-hydrogen) atoms. The second kappa shape index (κ2) is 6.21. The van der Waals surface area contributed by atoms with Gasteiger partial charge in [-0.1, -0.05) is 18.2 Å². The van der Waals surface area contributed by atoms with E-state index in [1.807, 2.05) is 48.7 Å². The van der Waals surface area contributed by atoms with E-state index < -0.39 is 10.9 Å². The molecule has 3 rings (SSSR count). The maximum atomic E-state index is 10.6. The molecule has 0 unspecified atom stereocenters. The molecule has 0 amide bonds. The van der Waals surface area contributed by atoms with Crippen LogP contribution in [0.4, 0.5) is 0 Å². The van der Waals surface area contributed by atoms with Crippen molar-refractivity contribution in [2.24, 2.45) is 0 Å². The lowest BCUT2D eigenvalue weighted by Crippen LogP contribution is -2.09. The van der Waals surface area contributed by atoms with Gasteiger partial charge in [0.2, 0.25) is 10.9 Å². The number of thiol groups is 1. The largest absolute Gasteiger partial charge is 0.497 e. The fraction of sp³-hybridized carbons (Fsp3) is 0.125. The predicted molar refractivity (Wildman–Crippen MR) is 87.4 cm³/mol. The van der Waals surface area contributed by atoms with Crippen LogP contribution in [0.1, 0.15) is 5.56 Å². The number of ether oxygens (including phenoxy) is 1. The Morgan fingerprint density at radius 3 is 2.82 bits per heavy atom. The Morgan fingerprint density at radius 2 is 2.05 bits per heavy atom. The molecule has 0 spiro atoms. The molecule has 0 atom stereocenters. The van der Waals surface area contributed by atoms with Crippen LogP contribution in [-0.2, 0) is 17.4 Å². The van der Waals surface area contributed by atoms with Crippen LogP contribution in [0.2, 0.25) is 0 Å². The lowest BCUT2D eigenvalue weighted by atomic mass is 10.0. The molecule has 1 aromatic heterocycles. The van der Waals surface area contributed by atoms with Crippen LogP contribution < -0.4 is 9.46 Å². The number of methoxy groups -OCH3 is 1. The molecule has 0 aliphatic rings. The number of hydrogen-bond donors (Lipinski definition) is 3. The van der Waals surface area contributed by atoms with Gasteiger partial charge in [-0.05, 0) is 29.3 Å². The molecule has 5 nitrogen and oxygen atoms in total. The first kappa shape index (κ1) is 14.6. The van der Waals surface area contributed by atoms with E-state index in [1.165, 1.54) is 0 Å². The summed E-state index contributed by atoms with van der Waals surface area (Å²) in [4.78, 5) is 3.24. The van der Waals surface area contributed by atoms with Gasteiger partial charge in [0.25, 0.3) is 0 Å². The molecular formula is C16H16N2O3S. The topological polar surface area (TPSA) is 71.2 Å². The van der Waals surface area contributed by atoms with Crippen LogP contribution in [-0.4, -0.2) is 20.5 Å². The summed E-state index contributed by atoms with van der Waals surface area (Å²) >= 11 is 0. The van der Waals surface area contributed by atoms with Gasteiger partial charge in [-0.3, -0.25) is 0 Å². The van der Waals surface area contributed by atoms with Crippen molar-refractivity contribution in [2.75, 3.05) is 7.11 Å². The molecule has 1 heterocycles. The predicted octanol–water partition coefficient (Wildman–Crippen LogP) is 2.46. The molecule has 2 aromatic carbocycles. The van der Waals surface area contributed by atoms with Crippen LogP contribution in [0, 0.1) is 0 Å². The minimum absolute atomic E-state index is 0.294. The number of aromatic nitrogens is 1. The normalized spacial score (nSPS) is 11.2. The maximum Gasteiger partial charge on any atom is 0.201 e. The highest BCUT2D eigenvalue weighted by Crippen LogP contribution is 2.31. The van der Waals surface area contributed by atoms with E-state index in [4.69, 9.17) is 4.74 Å². The first-order valence-electron chi connectivity index (χ1n) is 6.79. The number of benzene rings is 2. The molecule has 0 bridgehead atoms. The van der Waals surface area contributed by atoms with E-state index in [-0.39, 0.29) is 0 Å². The van der Waals surface area contributed by atoms with Crippen LogP contribution in [0.15, 0.2) is 48.7 Å². The molecule has 6 heteroatoms. The third-order valence-corrected chi connectivity index (χ3v) is 3.96. The Morgan fingerprint density at radius 1 is 1.18 bits per heavy atom. The fourth-order valence-electron chi connectivity index (χ4n) is 2.48. The van der Waals surface area contributed by atoms with Crippen LogP contribution in [0.3, 0.4) is 0 Å². The summed E-state index contributed by atoms with van der Waals surface area (Å²) in [5.74, 6) is 0.804. The van der Waals surface area contributed by atoms with Crippen molar-refractivity contribution in [3.05, 3.63) is 54.2 Å². The van der Waals surface area contributed by atoms with E-state index in [9.17, 15) is 8.42 Å². The van der Waals surface area contributed by atoms with Gasteiger partial charge in [0.05, 0.1) is 7.11 Å². The zero-order chi connectivity index (χ0) is 15.5. The lowest BCUT2D eigenvalue weighted by Gasteiger charge is -2.04. The van der Waals surface area contributed by atoms with E-state index in [2.05, 4.69) is 9.71 Å². The highest BCUT2D eigenvalue weighted by atomic mass is 32.2. The molecule has 114 valence electrons. The Labute approximate surface area is 130 Å². The third kappa shape index (κ3) is 2.98. The number of hydrogen-bond acceptors (Lipinski definition) is 3. The molecule has 0 saturated carbocycles. The maximum absolute atomic E-state index is 10.6. The van der Waals surface area contributed by atoms with Crippen LogP contribution in [0.5, 0.6) is 5.75 Å². The average Bonchev–Trinajstić information content (AvgIpc) is 2.96. The highest BCUT2D eigenvalue weighted by molar-refractivity contribution is 7.70. The van der Waals surface area contributed by atoms with E-state index in [1.54, 1.807) is 7.11 Å². The van der Waals surface area contributed by atoms with Gasteiger partial charge in [-0.25, -0.2) is 13.1 Å². The van der Waals surface area contributed by atoms with Crippen molar-refractivity contribution in [2.45, 2.75) is 6.54 Å². The molecule has 2 N–H and O–H groups in total. The first-order valence-corrected chi connectivity index (χ1v) is 7.97. The van der Waals surface area contributed by atoms with Crippen LogP contribution in [0.25, 0.3) is 22.0 Å². The van der Waals surface area contributed by atoms with Crippen molar-refractivity contribution in [1.82, 2.24) is 9.71 Å². The Bertz CT molecular complexity index is 876. The second-order valence-corrected chi connectivity index (χ2v) is 5.74. The van der Waals surface area contributed by atoms with Crippen molar-refractivity contribution in [1.29, 1.82) is 0 Å². The van der Waals surface area contributed by atoms with Crippen molar-refractivity contribution in [3.63, 3.8) is 0 Å². The van der Waals surface area contributed by atoms with Gasteiger partial charge in [-0.2, -0.15) is 0 Å². The summed E-state index contributed by atoms with van der Waals surface area (Å²) in [5, 5.41) is 1.10. The Kier molecular flexibility index (Phi) is 4.13. The number of nitrogens with one attached hydrogen (secondary N) is 2.